The number of Topliss-reactive ketones (excluding diaryl/α,β-unsaturated/α-hetero) is 1. The van der Waals surface area contributed by atoms with Crippen LogP contribution >= 0.6 is 0 Å². The molecule has 0 fully saturated rings. The van der Waals surface area contributed by atoms with Crippen molar-refractivity contribution in [2.75, 3.05) is 0 Å². The number of benzene rings is 7. The van der Waals surface area contributed by atoms with Crippen molar-refractivity contribution < 1.29 is 124 Å². The summed E-state index contributed by atoms with van der Waals surface area (Å²) in [6.07, 6.45) is -53.0. The number of halogens is 24. The van der Waals surface area contributed by atoms with Crippen LogP contribution in [-0.2, 0) is 56.0 Å². The van der Waals surface area contributed by atoms with Gasteiger partial charge in [0.2, 0.25) is 12.3 Å². The highest BCUT2D eigenvalue weighted by atomic mass is 19.4. The lowest BCUT2D eigenvalue weighted by atomic mass is 9.12. The lowest BCUT2D eigenvalue weighted by molar-refractivity contribution is -0.685. The fourth-order valence-corrected chi connectivity index (χ4v) is 9.18. The van der Waals surface area contributed by atoms with Crippen LogP contribution in [0.2, 0.25) is 0 Å². The molecule has 0 amide bonds. The molecule has 0 spiro atoms. The molecule has 0 atom stereocenters. The van der Waals surface area contributed by atoms with Crippen molar-refractivity contribution >= 4 is 50.2 Å². The molecule has 454 valence electrons. The summed E-state index contributed by atoms with van der Waals surface area (Å²) in [7, 11) is 0. The Morgan fingerprint density at radius 3 is 1.06 bits per heavy atom. The van der Waals surface area contributed by atoms with Gasteiger partial charge in [-0.3, -0.25) is 14.9 Å². The van der Waals surface area contributed by atoms with Gasteiger partial charge in [0, 0.05) is 17.7 Å². The van der Waals surface area contributed by atoms with E-state index in [9.17, 15) is 120 Å². The van der Waals surface area contributed by atoms with Gasteiger partial charge in [-0.05, 0) is 41.8 Å². The fourth-order valence-electron chi connectivity index (χ4n) is 9.18. The van der Waals surface area contributed by atoms with Crippen LogP contribution in [0.25, 0.3) is 10.8 Å². The van der Waals surface area contributed by atoms with Gasteiger partial charge >= 0.3 is 55.3 Å². The van der Waals surface area contributed by atoms with Gasteiger partial charge in [0.15, 0.2) is 6.20 Å². The summed E-state index contributed by atoms with van der Waals surface area (Å²) in [5.41, 5.74) is -29.7. The van der Waals surface area contributed by atoms with Crippen molar-refractivity contribution in [1.82, 2.24) is 0 Å². The zero-order chi connectivity index (χ0) is 64.1. The first-order valence-corrected chi connectivity index (χ1v) is 23.7. The standard InChI is InChI=1S/C32H12BF24.C23H17N2O4/c34-25(35,36)13-1-14(26(37,38)39)6-21(5-13)33(22-7-15(27(40,41)42)2-16(8-22)28(43,44)45,23-9-17(29(46,47)48)3-18(10-23)30(49,50)51)24-11-19(31(52,53)54)4-20(12-24)32(55,56)57;26-22(18-8-2-1-3-9-18)16-24-14-13-17-7-4-5-12-21(17)23(24)29-20-11-6-10-19(15-20)25(27)28/h1-12H;1-15H,16H2/q-1;+1. The number of carbonyl (C=O) groups excluding carboxylic acids is 1. The minimum atomic E-state index is -6.13. The molecular formula is C55H29BF24N2O4. The molecule has 0 N–H and O–H groups in total. The first-order chi connectivity index (χ1) is 39.4. The number of ketones is 1. The van der Waals surface area contributed by atoms with Gasteiger partial charge in [0.05, 0.1) is 60.9 Å². The molecule has 6 nitrogen and oxygen atoms in total. The minimum absolute atomic E-state index is 0.0604. The predicted octanol–water partition coefficient (Wildman–Crippen LogP) is 15.9. The van der Waals surface area contributed by atoms with E-state index >= 15 is 0 Å². The number of nitrogens with zero attached hydrogens (tertiary/aromatic N) is 2. The Bertz CT molecular complexity index is 3410. The second-order valence-electron chi connectivity index (χ2n) is 18.7. The van der Waals surface area contributed by atoms with E-state index in [2.05, 4.69) is 0 Å². The summed E-state index contributed by atoms with van der Waals surface area (Å²) in [5.74, 6) is 0.721. The first kappa shape index (κ1) is 64.8. The van der Waals surface area contributed by atoms with Crippen LogP contribution < -0.4 is 31.2 Å². The highest BCUT2D eigenvalue weighted by Gasteiger charge is 2.47. The second-order valence-corrected chi connectivity index (χ2v) is 18.7. The third kappa shape index (κ3) is 14.5. The Balaban J connectivity index is 0.000000302. The van der Waals surface area contributed by atoms with Crippen LogP contribution in [0, 0.1) is 10.1 Å². The largest absolute Gasteiger partial charge is 0.416 e. The Labute approximate surface area is 465 Å². The van der Waals surface area contributed by atoms with Crippen molar-refractivity contribution in [2.24, 2.45) is 0 Å². The average molecular weight is 1250 g/mol. The van der Waals surface area contributed by atoms with Crippen molar-refractivity contribution in [3.63, 3.8) is 0 Å². The number of hydrogen-bond acceptors (Lipinski definition) is 4. The van der Waals surface area contributed by atoms with Crippen molar-refractivity contribution in [2.45, 2.75) is 56.0 Å². The van der Waals surface area contributed by atoms with Gasteiger partial charge < -0.3 is 4.74 Å². The van der Waals surface area contributed by atoms with Gasteiger partial charge in [-0.15, -0.1) is 0 Å². The van der Waals surface area contributed by atoms with Crippen molar-refractivity contribution in [3.05, 3.63) is 224 Å². The van der Waals surface area contributed by atoms with Crippen LogP contribution in [0.15, 0.2) is 164 Å². The van der Waals surface area contributed by atoms with Gasteiger partial charge in [0.25, 0.3) is 5.69 Å². The molecule has 86 heavy (non-hydrogen) atoms. The Morgan fingerprint density at radius 1 is 0.407 bits per heavy atom. The van der Waals surface area contributed by atoms with E-state index in [4.69, 9.17) is 4.74 Å². The maximum Gasteiger partial charge on any atom is 0.416 e. The number of pyridine rings is 1. The van der Waals surface area contributed by atoms with Crippen LogP contribution in [0.3, 0.4) is 0 Å². The summed E-state index contributed by atoms with van der Waals surface area (Å²) in [4.78, 5) is 23.4. The quantitative estimate of drug-likeness (QED) is 0.0342. The van der Waals surface area contributed by atoms with E-state index in [0.717, 1.165) is 10.8 Å². The Hall–Kier alpha value is -8.80. The van der Waals surface area contributed by atoms with Gasteiger partial charge in [0.1, 0.15) is 11.9 Å². The molecule has 0 saturated carbocycles. The third-order valence-electron chi connectivity index (χ3n) is 13.0. The molecule has 7 aromatic carbocycles. The van der Waals surface area contributed by atoms with Crippen molar-refractivity contribution in [1.29, 1.82) is 0 Å². The lowest BCUT2D eigenvalue weighted by Gasteiger charge is -2.46. The molecule has 31 heteroatoms. The fraction of sp³-hybridized carbons (Fsp3) is 0.164. The smallest absolute Gasteiger partial charge is 0.404 e. The molecule has 8 aromatic rings. The number of non-ortho nitro benzene ring substituents is 1. The molecule has 1 aromatic heterocycles. The zero-order valence-electron chi connectivity index (χ0n) is 42.0. The van der Waals surface area contributed by atoms with E-state index in [-0.39, 0.29) is 18.0 Å². The minimum Gasteiger partial charge on any atom is -0.404 e. The summed E-state index contributed by atoms with van der Waals surface area (Å²) in [5, 5.41) is 12.8. The number of nitro benzene ring substituents is 1. The number of nitro groups is 1. The first-order valence-electron chi connectivity index (χ1n) is 23.7. The molecule has 0 unspecified atom stereocenters. The molecule has 0 aliphatic heterocycles. The van der Waals surface area contributed by atoms with Gasteiger partial charge in [-0.1, -0.05) is 103 Å². The third-order valence-corrected chi connectivity index (χ3v) is 13.0. The second kappa shape index (κ2) is 22.9. The summed E-state index contributed by atoms with van der Waals surface area (Å²) in [6, 6.07) is 15.8. The van der Waals surface area contributed by atoms with E-state index in [1.54, 1.807) is 35.0 Å². The number of aromatic nitrogens is 1. The molecule has 1 heterocycles. The van der Waals surface area contributed by atoms with Crippen LogP contribution in [-0.4, -0.2) is 16.9 Å². The van der Waals surface area contributed by atoms with Gasteiger partial charge in [-0.25, -0.2) is 0 Å². The SMILES string of the molecule is FC(F)(F)c1cc([B-](c2cc(C(F)(F)F)cc(C(F)(F)F)c2)(c2cc(C(F)(F)F)cc(C(F)(F)F)c2)c2cc(C(F)(F)F)cc(C(F)(F)F)c2)cc(C(F)(F)F)c1.O=C(C[n+]1ccc2ccccc2c1Oc1cccc([N+](=O)[O-])c1)c1ccccc1. The molecule has 0 radical (unpaired) electrons. The number of fused-ring (bicyclic) bond motifs is 1. The van der Waals surface area contributed by atoms with Crippen molar-refractivity contribution in [3.8, 4) is 11.6 Å². The maximum absolute atomic E-state index is 14.2. The highest BCUT2D eigenvalue weighted by molar-refractivity contribution is 7.20. The van der Waals surface area contributed by atoms with Crippen LogP contribution in [0.1, 0.15) is 54.9 Å². The molecule has 0 aliphatic carbocycles. The summed E-state index contributed by atoms with van der Waals surface area (Å²) >= 11 is 0. The predicted molar refractivity (Wildman–Crippen MR) is 258 cm³/mol. The zero-order valence-corrected chi connectivity index (χ0v) is 42.0. The monoisotopic (exact) mass is 1250 g/mol. The number of carbonyl (C=O) groups is 1. The van der Waals surface area contributed by atoms with E-state index < -0.39 is 200 Å². The molecular weight excluding hydrogens is 1220 g/mol. The summed E-state index contributed by atoms with van der Waals surface area (Å²) < 4.78 is 349. The molecule has 0 saturated heterocycles. The Kier molecular flexibility index (Phi) is 17.2. The Morgan fingerprint density at radius 2 is 0.733 bits per heavy atom. The maximum atomic E-state index is 14.2. The number of ether oxygens (including phenoxy) is 1. The number of hydrogen-bond donors (Lipinski definition) is 0. The normalized spacial score (nSPS) is 13.1. The lowest BCUT2D eigenvalue weighted by Crippen LogP contribution is -2.75. The van der Waals surface area contributed by atoms with E-state index in [1.165, 1.54) is 12.1 Å². The number of alkyl halides is 24. The summed E-state index contributed by atoms with van der Waals surface area (Å²) in [6.45, 7) is 0.0824. The molecule has 0 aliphatic rings. The van der Waals surface area contributed by atoms with Crippen LogP contribution in [0.5, 0.6) is 11.6 Å². The van der Waals surface area contributed by atoms with Gasteiger partial charge in [-0.2, -0.15) is 132 Å². The van der Waals surface area contributed by atoms with E-state index in [1.807, 2.05) is 48.5 Å². The molecule has 8 rings (SSSR count). The highest BCUT2D eigenvalue weighted by Crippen LogP contribution is 2.42. The topological polar surface area (TPSA) is 73.3 Å². The van der Waals surface area contributed by atoms with E-state index in [0.29, 0.717) is 17.2 Å². The number of rotatable bonds is 10. The average Bonchev–Trinajstić information content (AvgIpc) is 0.964. The molecule has 0 bridgehead atoms. The van der Waals surface area contributed by atoms with Crippen LogP contribution in [0.4, 0.5) is 111 Å².